The molecule has 2 rings (SSSR count). The van der Waals surface area contributed by atoms with Gasteiger partial charge in [0.05, 0.1) is 6.61 Å². The number of hydrogen-bond acceptors (Lipinski definition) is 3. The van der Waals surface area contributed by atoms with Gasteiger partial charge in [-0.2, -0.15) is 4.98 Å². The summed E-state index contributed by atoms with van der Waals surface area (Å²) < 4.78 is 7.26. The van der Waals surface area contributed by atoms with E-state index in [0.29, 0.717) is 12.5 Å². The number of hydrogen-bond donors (Lipinski definition) is 0. The number of ether oxygens (including phenoxy) is 1. The standard InChI is InChI=1S/C11H13N3O/c1-3-15-11-6-4-5-10(13-11)14-8-7-12-9(14)2/h4-8H,3H2,1-2H3. The second kappa shape index (κ2) is 4.13. The highest BCUT2D eigenvalue weighted by molar-refractivity contribution is 5.28. The third-order valence-electron chi connectivity index (χ3n) is 2.07. The molecule has 0 spiro atoms. The maximum absolute atomic E-state index is 5.34. The van der Waals surface area contributed by atoms with Gasteiger partial charge in [-0.25, -0.2) is 4.98 Å². The topological polar surface area (TPSA) is 39.9 Å². The lowest BCUT2D eigenvalue weighted by molar-refractivity contribution is 0.326. The van der Waals surface area contributed by atoms with E-state index in [1.54, 1.807) is 6.20 Å². The van der Waals surface area contributed by atoms with Crippen molar-refractivity contribution in [3.63, 3.8) is 0 Å². The van der Waals surface area contributed by atoms with Crippen molar-refractivity contribution in [3.05, 3.63) is 36.4 Å². The summed E-state index contributed by atoms with van der Waals surface area (Å²) in [7, 11) is 0. The van der Waals surface area contributed by atoms with Crippen molar-refractivity contribution in [2.45, 2.75) is 13.8 Å². The van der Waals surface area contributed by atoms with Crippen molar-refractivity contribution in [1.29, 1.82) is 0 Å². The van der Waals surface area contributed by atoms with Gasteiger partial charge in [0.15, 0.2) is 0 Å². The minimum Gasteiger partial charge on any atom is -0.478 e. The van der Waals surface area contributed by atoms with Crippen LogP contribution in [-0.4, -0.2) is 21.1 Å². The number of aromatic nitrogens is 3. The van der Waals surface area contributed by atoms with Crippen molar-refractivity contribution in [2.75, 3.05) is 6.61 Å². The van der Waals surface area contributed by atoms with E-state index in [4.69, 9.17) is 4.74 Å². The number of nitrogens with zero attached hydrogens (tertiary/aromatic N) is 3. The summed E-state index contributed by atoms with van der Waals surface area (Å²) in [6.07, 6.45) is 3.64. The summed E-state index contributed by atoms with van der Waals surface area (Å²) in [5.41, 5.74) is 0. The molecule has 0 aliphatic heterocycles. The fraction of sp³-hybridized carbons (Fsp3) is 0.273. The zero-order chi connectivity index (χ0) is 10.7. The molecule has 0 unspecified atom stereocenters. The highest BCUT2D eigenvalue weighted by Gasteiger charge is 2.02. The van der Waals surface area contributed by atoms with Crippen LogP contribution in [0.15, 0.2) is 30.6 Å². The Bertz CT molecular complexity index is 451. The lowest BCUT2D eigenvalue weighted by atomic mass is 10.4. The molecule has 0 fully saturated rings. The smallest absolute Gasteiger partial charge is 0.215 e. The second-order valence-corrected chi connectivity index (χ2v) is 3.11. The van der Waals surface area contributed by atoms with Crippen LogP contribution in [-0.2, 0) is 0 Å². The minimum absolute atomic E-state index is 0.624. The SMILES string of the molecule is CCOc1cccc(-n2ccnc2C)n1. The van der Waals surface area contributed by atoms with Crippen LogP contribution in [0.5, 0.6) is 5.88 Å². The van der Waals surface area contributed by atoms with Crippen LogP contribution in [0.25, 0.3) is 5.82 Å². The fourth-order valence-corrected chi connectivity index (χ4v) is 1.39. The average Bonchev–Trinajstić information content (AvgIpc) is 2.65. The molecule has 15 heavy (non-hydrogen) atoms. The van der Waals surface area contributed by atoms with E-state index in [2.05, 4.69) is 9.97 Å². The third kappa shape index (κ3) is 1.98. The first kappa shape index (κ1) is 9.71. The number of imidazole rings is 1. The molecule has 78 valence electrons. The molecule has 4 nitrogen and oxygen atoms in total. The third-order valence-corrected chi connectivity index (χ3v) is 2.07. The first-order valence-corrected chi connectivity index (χ1v) is 4.91. The van der Waals surface area contributed by atoms with Gasteiger partial charge in [-0.15, -0.1) is 0 Å². The lowest BCUT2D eigenvalue weighted by Gasteiger charge is -2.06. The summed E-state index contributed by atoms with van der Waals surface area (Å²) >= 11 is 0. The monoisotopic (exact) mass is 203 g/mol. The Balaban J connectivity index is 2.37. The van der Waals surface area contributed by atoms with E-state index in [0.717, 1.165) is 11.6 Å². The predicted molar refractivity (Wildman–Crippen MR) is 57.3 cm³/mol. The highest BCUT2D eigenvalue weighted by atomic mass is 16.5. The molecule has 0 atom stereocenters. The molecule has 0 saturated heterocycles. The highest BCUT2D eigenvalue weighted by Crippen LogP contribution is 2.12. The minimum atomic E-state index is 0.624. The van der Waals surface area contributed by atoms with Gasteiger partial charge >= 0.3 is 0 Å². The van der Waals surface area contributed by atoms with Crippen LogP contribution < -0.4 is 4.74 Å². The van der Waals surface area contributed by atoms with Crippen LogP contribution in [0.2, 0.25) is 0 Å². The van der Waals surface area contributed by atoms with Gasteiger partial charge in [0.25, 0.3) is 0 Å². The van der Waals surface area contributed by atoms with Crippen molar-refractivity contribution in [2.24, 2.45) is 0 Å². The Kier molecular flexibility index (Phi) is 2.67. The Morgan fingerprint density at radius 1 is 1.40 bits per heavy atom. The molecular formula is C11H13N3O. The maximum Gasteiger partial charge on any atom is 0.215 e. The summed E-state index contributed by atoms with van der Waals surface area (Å²) in [6, 6.07) is 5.70. The Morgan fingerprint density at radius 2 is 2.27 bits per heavy atom. The first-order chi connectivity index (χ1) is 7.31. The van der Waals surface area contributed by atoms with Gasteiger partial charge in [-0.3, -0.25) is 4.57 Å². The van der Waals surface area contributed by atoms with Gasteiger partial charge in [-0.05, 0) is 19.9 Å². The summed E-state index contributed by atoms with van der Waals surface area (Å²) in [6.45, 7) is 4.51. The molecule has 4 heteroatoms. The van der Waals surface area contributed by atoms with Gasteiger partial charge in [0, 0.05) is 18.5 Å². The maximum atomic E-state index is 5.34. The molecule has 0 aliphatic carbocycles. The average molecular weight is 203 g/mol. The summed E-state index contributed by atoms with van der Waals surface area (Å²) in [5.74, 6) is 2.38. The fourth-order valence-electron chi connectivity index (χ4n) is 1.39. The number of pyridine rings is 1. The molecule has 2 aromatic heterocycles. The van der Waals surface area contributed by atoms with Crippen molar-refractivity contribution >= 4 is 0 Å². The zero-order valence-electron chi connectivity index (χ0n) is 8.84. The van der Waals surface area contributed by atoms with Crippen molar-refractivity contribution < 1.29 is 4.74 Å². The van der Waals surface area contributed by atoms with Gasteiger partial charge in [0.1, 0.15) is 11.6 Å². The Hall–Kier alpha value is -1.84. The van der Waals surface area contributed by atoms with Crippen LogP contribution in [0.3, 0.4) is 0 Å². The molecule has 0 aromatic carbocycles. The first-order valence-electron chi connectivity index (χ1n) is 4.91. The van der Waals surface area contributed by atoms with Crippen LogP contribution in [0.4, 0.5) is 0 Å². The van der Waals surface area contributed by atoms with Crippen LogP contribution in [0.1, 0.15) is 12.7 Å². The van der Waals surface area contributed by atoms with Gasteiger partial charge in [-0.1, -0.05) is 6.07 Å². The van der Waals surface area contributed by atoms with E-state index in [-0.39, 0.29) is 0 Å². The summed E-state index contributed by atoms with van der Waals surface area (Å²) in [4.78, 5) is 8.52. The molecule has 0 N–H and O–H groups in total. The summed E-state index contributed by atoms with van der Waals surface area (Å²) in [5, 5.41) is 0. The molecule has 0 bridgehead atoms. The van der Waals surface area contributed by atoms with Gasteiger partial charge < -0.3 is 4.74 Å². The van der Waals surface area contributed by atoms with E-state index >= 15 is 0 Å². The van der Waals surface area contributed by atoms with Crippen LogP contribution in [0, 0.1) is 6.92 Å². The molecule has 0 aliphatic rings. The van der Waals surface area contributed by atoms with Crippen molar-refractivity contribution in [1.82, 2.24) is 14.5 Å². The van der Waals surface area contributed by atoms with E-state index in [1.807, 2.05) is 42.8 Å². The molecular weight excluding hydrogens is 190 g/mol. The normalized spacial score (nSPS) is 10.3. The molecule has 2 heterocycles. The molecule has 0 amide bonds. The van der Waals surface area contributed by atoms with E-state index in [1.165, 1.54) is 0 Å². The second-order valence-electron chi connectivity index (χ2n) is 3.11. The molecule has 2 aromatic rings. The molecule has 0 saturated carbocycles. The largest absolute Gasteiger partial charge is 0.478 e. The quantitative estimate of drug-likeness (QED) is 0.765. The zero-order valence-corrected chi connectivity index (χ0v) is 8.84. The number of rotatable bonds is 3. The lowest BCUT2D eigenvalue weighted by Crippen LogP contribution is -2.01. The predicted octanol–water partition coefficient (Wildman–Crippen LogP) is 1.97. The van der Waals surface area contributed by atoms with E-state index in [9.17, 15) is 0 Å². The Labute approximate surface area is 88.6 Å². The van der Waals surface area contributed by atoms with Crippen molar-refractivity contribution in [3.8, 4) is 11.7 Å². The molecule has 0 radical (unpaired) electrons. The van der Waals surface area contributed by atoms with Crippen LogP contribution >= 0.6 is 0 Å². The Morgan fingerprint density at radius 3 is 2.93 bits per heavy atom. The van der Waals surface area contributed by atoms with Gasteiger partial charge in [0.2, 0.25) is 5.88 Å². The number of aryl methyl sites for hydroxylation is 1. The van der Waals surface area contributed by atoms with E-state index < -0.39 is 0 Å².